The molecule has 126 valence electrons. The number of carbonyl (C=O) groups is 2. The van der Waals surface area contributed by atoms with Gasteiger partial charge in [-0.1, -0.05) is 43.3 Å². The Morgan fingerprint density at radius 1 is 0.960 bits per heavy atom. The van der Waals surface area contributed by atoms with Crippen LogP contribution in [0.3, 0.4) is 0 Å². The molecule has 3 aromatic rings. The van der Waals surface area contributed by atoms with E-state index in [0.717, 1.165) is 5.69 Å². The number of carboxylic acid groups (broad SMARTS) is 1. The minimum Gasteiger partial charge on any atom is -0.478 e. The molecule has 0 spiro atoms. The molecule has 25 heavy (non-hydrogen) atoms. The molecule has 0 fully saturated rings. The molecule has 6 heteroatoms. The van der Waals surface area contributed by atoms with Crippen LogP contribution in [0.4, 0.5) is 0 Å². The van der Waals surface area contributed by atoms with Crippen molar-refractivity contribution in [3.63, 3.8) is 0 Å². The van der Waals surface area contributed by atoms with Crippen LogP contribution in [0.5, 0.6) is 0 Å². The first kappa shape index (κ1) is 16.6. The summed E-state index contributed by atoms with van der Waals surface area (Å²) in [6, 6.07) is 13.6. The summed E-state index contributed by atoms with van der Waals surface area (Å²) in [5.41, 5.74) is 2.74. The molecule has 0 atom stereocenters. The predicted octanol–water partition coefficient (Wildman–Crippen LogP) is 3.32. The van der Waals surface area contributed by atoms with Crippen molar-refractivity contribution >= 4 is 11.8 Å². The molecule has 0 amide bonds. The number of rotatable bonds is 5. The quantitative estimate of drug-likeness (QED) is 0.723. The second kappa shape index (κ2) is 6.68. The molecule has 1 heterocycles. The zero-order valence-electron chi connectivity index (χ0n) is 13.9. The summed E-state index contributed by atoms with van der Waals surface area (Å²) in [6.07, 6.45) is 1.57. The smallest absolute Gasteiger partial charge is 0.335 e. The molecule has 1 aromatic heterocycles. The van der Waals surface area contributed by atoms with Crippen molar-refractivity contribution in [2.75, 3.05) is 0 Å². The van der Waals surface area contributed by atoms with E-state index in [0.29, 0.717) is 11.5 Å². The molecule has 0 saturated heterocycles. The minimum absolute atomic E-state index is 0.130. The van der Waals surface area contributed by atoms with Gasteiger partial charge >= 0.3 is 5.97 Å². The largest absolute Gasteiger partial charge is 0.478 e. The Morgan fingerprint density at radius 2 is 1.56 bits per heavy atom. The van der Waals surface area contributed by atoms with Crippen molar-refractivity contribution in [2.24, 2.45) is 0 Å². The number of hydrogen-bond donors (Lipinski definition) is 1. The van der Waals surface area contributed by atoms with E-state index in [9.17, 15) is 9.59 Å². The molecule has 6 nitrogen and oxygen atoms in total. The van der Waals surface area contributed by atoms with Gasteiger partial charge in [-0.25, -0.2) is 9.48 Å². The Hall–Kier alpha value is -3.28. The first-order valence-electron chi connectivity index (χ1n) is 7.86. The van der Waals surface area contributed by atoms with E-state index in [2.05, 4.69) is 24.2 Å². The van der Waals surface area contributed by atoms with Crippen LogP contribution in [0.25, 0.3) is 5.69 Å². The lowest BCUT2D eigenvalue weighted by molar-refractivity contribution is 0.0696. The molecule has 2 aromatic carbocycles. The predicted molar refractivity (Wildman–Crippen MR) is 92.3 cm³/mol. The summed E-state index contributed by atoms with van der Waals surface area (Å²) < 4.78 is 1.54. The fraction of sp³-hybridized carbons (Fsp3) is 0.158. The topological polar surface area (TPSA) is 85.1 Å². The normalized spacial score (nSPS) is 10.8. The van der Waals surface area contributed by atoms with Gasteiger partial charge in [0.15, 0.2) is 5.69 Å². The molecule has 1 N–H and O–H groups in total. The lowest BCUT2D eigenvalue weighted by Gasteiger charge is -2.06. The van der Waals surface area contributed by atoms with E-state index in [1.807, 2.05) is 24.3 Å². The first-order valence-corrected chi connectivity index (χ1v) is 7.86. The van der Waals surface area contributed by atoms with Gasteiger partial charge in [-0.2, -0.15) is 0 Å². The van der Waals surface area contributed by atoms with Crippen LogP contribution in [-0.4, -0.2) is 31.9 Å². The number of carboxylic acids is 1. The van der Waals surface area contributed by atoms with Crippen molar-refractivity contribution in [3.05, 3.63) is 77.1 Å². The van der Waals surface area contributed by atoms with Gasteiger partial charge < -0.3 is 5.11 Å². The van der Waals surface area contributed by atoms with E-state index in [1.165, 1.54) is 29.8 Å². The Labute approximate surface area is 144 Å². The molecule has 0 bridgehead atoms. The van der Waals surface area contributed by atoms with Gasteiger partial charge in [-0.05, 0) is 35.7 Å². The third kappa shape index (κ3) is 3.47. The fourth-order valence-electron chi connectivity index (χ4n) is 2.42. The van der Waals surface area contributed by atoms with Gasteiger partial charge in [0.2, 0.25) is 5.78 Å². The van der Waals surface area contributed by atoms with Crippen molar-refractivity contribution in [1.82, 2.24) is 15.0 Å². The summed E-state index contributed by atoms with van der Waals surface area (Å²) in [4.78, 5) is 23.3. The van der Waals surface area contributed by atoms with E-state index in [1.54, 1.807) is 10.9 Å². The number of hydrogen-bond acceptors (Lipinski definition) is 4. The molecule has 0 saturated carbocycles. The van der Waals surface area contributed by atoms with Crippen LogP contribution < -0.4 is 0 Å². The third-order valence-corrected chi connectivity index (χ3v) is 3.94. The lowest BCUT2D eigenvalue weighted by Crippen LogP contribution is -2.03. The van der Waals surface area contributed by atoms with Crippen LogP contribution in [0, 0.1) is 0 Å². The standard InChI is InChI=1S/C19H17N3O3/c1-12(2)13-7-9-16(10-8-13)22-11-17(20-21-22)18(23)14-3-5-15(6-4-14)19(24)25/h3-12H,1-2H3,(H,24,25). The van der Waals surface area contributed by atoms with E-state index >= 15 is 0 Å². The Kier molecular flexibility index (Phi) is 4.43. The Morgan fingerprint density at radius 3 is 2.12 bits per heavy atom. The zero-order valence-corrected chi connectivity index (χ0v) is 13.9. The molecule has 0 aliphatic rings. The third-order valence-electron chi connectivity index (χ3n) is 3.94. The number of benzene rings is 2. The summed E-state index contributed by atoms with van der Waals surface area (Å²) in [7, 11) is 0. The van der Waals surface area contributed by atoms with Crippen molar-refractivity contribution in [1.29, 1.82) is 0 Å². The highest BCUT2D eigenvalue weighted by atomic mass is 16.4. The summed E-state index contributed by atoms with van der Waals surface area (Å²) in [5.74, 6) is -0.896. The summed E-state index contributed by atoms with van der Waals surface area (Å²) in [6.45, 7) is 4.24. The summed E-state index contributed by atoms with van der Waals surface area (Å²) >= 11 is 0. The maximum atomic E-state index is 12.5. The van der Waals surface area contributed by atoms with Crippen molar-refractivity contribution in [3.8, 4) is 5.69 Å². The average molecular weight is 335 g/mol. The van der Waals surface area contributed by atoms with Gasteiger partial charge in [0, 0.05) is 5.56 Å². The maximum absolute atomic E-state index is 12.5. The zero-order chi connectivity index (χ0) is 18.0. The van der Waals surface area contributed by atoms with Crippen molar-refractivity contribution < 1.29 is 14.7 Å². The maximum Gasteiger partial charge on any atom is 0.335 e. The van der Waals surface area contributed by atoms with Crippen LogP contribution in [0.15, 0.2) is 54.7 Å². The molecular formula is C19H17N3O3. The fourth-order valence-corrected chi connectivity index (χ4v) is 2.42. The number of aromatic carboxylic acids is 1. The van der Waals surface area contributed by atoms with Gasteiger partial charge in [-0.15, -0.1) is 5.10 Å². The highest BCUT2D eigenvalue weighted by Gasteiger charge is 2.15. The molecule has 3 rings (SSSR count). The van der Waals surface area contributed by atoms with Crippen LogP contribution in [-0.2, 0) is 0 Å². The minimum atomic E-state index is -1.03. The second-order valence-corrected chi connectivity index (χ2v) is 6.01. The van der Waals surface area contributed by atoms with Crippen molar-refractivity contribution in [2.45, 2.75) is 19.8 Å². The Bertz CT molecular complexity index is 910. The van der Waals surface area contributed by atoms with Crippen LogP contribution in [0.2, 0.25) is 0 Å². The van der Waals surface area contributed by atoms with E-state index < -0.39 is 5.97 Å². The van der Waals surface area contributed by atoms with Gasteiger partial charge in [0.05, 0.1) is 17.4 Å². The number of nitrogens with zero attached hydrogens (tertiary/aromatic N) is 3. The molecule has 0 aliphatic heterocycles. The molecule has 0 radical (unpaired) electrons. The Balaban J connectivity index is 1.82. The van der Waals surface area contributed by atoms with Gasteiger partial charge in [0.1, 0.15) is 0 Å². The van der Waals surface area contributed by atoms with Crippen LogP contribution >= 0.6 is 0 Å². The summed E-state index contributed by atoms with van der Waals surface area (Å²) in [5, 5.41) is 16.8. The van der Waals surface area contributed by atoms with Crippen LogP contribution in [0.1, 0.15) is 51.7 Å². The average Bonchev–Trinajstić information content (AvgIpc) is 3.11. The lowest BCUT2D eigenvalue weighted by atomic mass is 10.0. The second-order valence-electron chi connectivity index (χ2n) is 6.01. The monoisotopic (exact) mass is 335 g/mol. The molecular weight excluding hydrogens is 318 g/mol. The number of aromatic nitrogens is 3. The first-order chi connectivity index (χ1) is 12.0. The van der Waals surface area contributed by atoms with Gasteiger partial charge in [0.25, 0.3) is 0 Å². The molecule has 0 aliphatic carbocycles. The number of ketones is 1. The number of carbonyl (C=O) groups excluding carboxylic acids is 1. The highest BCUT2D eigenvalue weighted by Crippen LogP contribution is 2.17. The van der Waals surface area contributed by atoms with E-state index in [4.69, 9.17) is 5.11 Å². The molecule has 0 unspecified atom stereocenters. The SMILES string of the molecule is CC(C)c1ccc(-n2cc(C(=O)c3ccc(C(=O)O)cc3)nn2)cc1. The highest BCUT2D eigenvalue weighted by molar-refractivity contribution is 6.07. The van der Waals surface area contributed by atoms with E-state index in [-0.39, 0.29) is 17.0 Å². The van der Waals surface area contributed by atoms with Gasteiger partial charge in [-0.3, -0.25) is 4.79 Å².